The first-order chi connectivity index (χ1) is 29.7. The molecule has 3 heterocycles. The molecule has 0 N–H and O–H groups in total. The molecule has 0 aliphatic heterocycles. The van der Waals surface area contributed by atoms with Gasteiger partial charge in [-0.3, -0.25) is 4.57 Å². The van der Waals surface area contributed by atoms with Gasteiger partial charge in [-0.25, -0.2) is 4.98 Å². The highest BCUT2D eigenvalue weighted by Crippen LogP contribution is 2.39. The lowest BCUT2D eigenvalue weighted by Gasteiger charge is -2.11. The predicted octanol–water partition coefficient (Wildman–Crippen LogP) is 13.9. The van der Waals surface area contributed by atoms with Crippen LogP contribution in [0.2, 0.25) is 0 Å². The Morgan fingerprint density at radius 3 is 1.37 bits per heavy atom. The molecule has 12 aromatic rings. The van der Waals surface area contributed by atoms with E-state index in [0.29, 0.717) is 17.6 Å². The fraction of sp³-hybridized carbons (Fsp3) is 0. The van der Waals surface area contributed by atoms with Gasteiger partial charge in [0.05, 0.1) is 22.1 Å². The van der Waals surface area contributed by atoms with Gasteiger partial charge in [-0.05, 0) is 81.6 Å². The Hall–Kier alpha value is -8.15. The first kappa shape index (κ1) is 33.9. The Bertz CT molecular complexity index is 3520. The molecule has 5 heteroatoms. The lowest BCUT2D eigenvalue weighted by Crippen LogP contribution is -2.06. The number of aromatic nitrogens is 5. The molecule has 9 aromatic carbocycles. The fourth-order valence-electron chi connectivity index (χ4n) is 8.96. The highest BCUT2D eigenvalue weighted by atomic mass is 15.2. The summed E-state index contributed by atoms with van der Waals surface area (Å²) in [5.41, 5.74) is 12.2. The minimum Gasteiger partial charge on any atom is -0.309 e. The molecular formula is C55H35N5. The highest BCUT2D eigenvalue weighted by Gasteiger charge is 2.19. The third-order valence-electron chi connectivity index (χ3n) is 11.8. The summed E-state index contributed by atoms with van der Waals surface area (Å²) in [4.78, 5) is 15.2. The summed E-state index contributed by atoms with van der Waals surface area (Å²) in [6.07, 6.45) is 0. The summed E-state index contributed by atoms with van der Waals surface area (Å²) in [5.74, 6) is 1.85. The molecule has 0 radical (unpaired) electrons. The Morgan fingerprint density at radius 2 is 0.750 bits per heavy atom. The van der Waals surface area contributed by atoms with E-state index < -0.39 is 0 Å². The predicted molar refractivity (Wildman–Crippen MR) is 248 cm³/mol. The van der Waals surface area contributed by atoms with Crippen molar-refractivity contribution in [3.05, 3.63) is 212 Å². The van der Waals surface area contributed by atoms with Crippen molar-refractivity contribution in [3.8, 4) is 56.7 Å². The molecule has 0 aliphatic carbocycles. The van der Waals surface area contributed by atoms with Gasteiger partial charge in [0, 0.05) is 38.4 Å². The number of para-hydroxylation sites is 2. The van der Waals surface area contributed by atoms with Crippen LogP contribution in [0.3, 0.4) is 0 Å². The Labute approximate surface area is 346 Å². The normalized spacial score (nSPS) is 11.7. The van der Waals surface area contributed by atoms with Gasteiger partial charge in [0.25, 0.3) is 0 Å². The first-order valence-corrected chi connectivity index (χ1v) is 20.3. The van der Waals surface area contributed by atoms with Crippen molar-refractivity contribution >= 4 is 54.4 Å². The molecular weight excluding hydrogens is 731 g/mol. The third-order valence-corrected chi connectivity index (χ3v) is 11.8. The van der Waals surface area contributed by atoms with Gasteiger partial charge < -0.3 is 4.57 Å². The lowest BCUT2D eigenvalue weighted by atomic mass is 9.98. The van der Waals surface area contributed by atoms with Crippen molar-refractivity contribution in [1.82, 2.24) is 24.1 Å². The van der Waals surface area contributed by atoms with Crippen LogP contribution in [-0.2, 0) is 0 Å². The fourth-order valence-corrected chi connectivity index (χ4v) is 8.96. The topological polar surface area (TPSA) is 48.5 Å². The van der Waals surface area contributed by atoms with Crippen LogP contribution in [0.1, 0.15) is 0 Å². The quantitative estimate of drug-likeness (QED) is 0.169. The highest BCUT2D eigenvalue weighted by molar-refractivity contribution is 6.12. The summed E-state index contributed by atoms with van der Waals surface area (Å²) in [7, 11) is 0. The van der Waals surface area contributed by atoms with Crippen molar-refractivity contribution in [2.24, 2.45) is 0 Å². The molecule has 5 nitrogen and oxygen atoms in total. The van der Waals surface area contributed by atoms with E-state index in [1.807, 2.05) is 60.7 Å². The van der Waals surface area contributed by atoms with E-state index in [0.717, 1.165) is 49.7 Å². The van der Waals surface area contributed by atoms with Gasteiger partial charge in [-0.1, -0.05) is 164 Å². The number of nitrogens with zero attached hydrogens (tertiary/aromatic N) is 5. The summed E-state index contributed by atoms with van der Waals surface area (Å²) in [6.45, 7) is 0. The van der Waals surface area contributed by atoms with E-state index in [1.165, 1.54) is 43.7 Å². The van der Waals surface area contributed by atoms with E-state index >= 15 is 0 Å². The van der Waals surface area contributed by atoms with Crippen molar-refractivity contribution < 1.29 is 0 Å². The molecule has 0 saturated heterocycles. The zero-order chi connectivity index (χ0) is 39.6. The Balaban J connectivity index is 0.983. The zero-order valence-electron chi connectivity index (χ0n) is 32.4. The van der Waals surface area contributed by atoms with Crippen LogP contribution in [-0.4, -0.2) is 24.1 Å². The van der Waals surface area contributed by atoms with Gasteiger partial charge in [-0.15, -0.1) is 0 Å². The van der Waals surface area contributed by atoms with Crippen LogP contribution < -0.4 is 0 Å². The number of hydrogen-bond acceptors (Lipinski definition) is 3. The van der Waals surface area contributed by atoms with Crippen molar-refractivity contribution in [1.29, 1.82) is 0 Å². The van der Waals surface area contributed by atoms with Crippen LogP contribution in [0.25, 0.3) is 111 Å². The van der Waals surface area contributed by atoms with Crippen molar-refractivity contribution in [2.45, 2.75) is 0 Å². The molecule has 12 rings (SSSR count). The van der Waals surface area contributed by atoms with Crippen LogP contribution in [0, 0.1) is 0 Å². The summed E-state index contributed by atoms with van der Waals surface area (Å²) < 4.78 is 4.57. The molecule has 0 bridgehead atoms. The molecule has 0 spiro atoms. The number of benzene rings is 9. The van der Waals surface area contributed by atoms with Gasteiger partial charge in [-0.2, -0.15) is 9.97 Å². The molecule has 0 aliphatic rings. The smallest absolute Gasteiger partial charge is 0.238 e. The maximum Gasteiger partial charge on any atom is 0.238 e. The Morgan fingerprint density at radius 1 is 0.283 bits per heavy atom. The van der Waals surface area contributed by atoms with Gasteiger partial charge in [0.15, 0.2) is 11.6 Å². The minimum atomic E-state index is 0.584. The second-order valence-electron chi connectivity index (χ2n) is 15.3. The van der Waals surface area contributed by atoms with E-state index in [1.54, 1.807) is 0 Å². The lowest BCUT2D eigenvalue weighted by molar-refractivity contribution is 0.953. The average molecular weight is 766 g/mol. The first-order valence-electron chi connectivity index (χ1n) is 20.3. The van der Waals surface area contributed by atoms with E-state index in [9.17, 15) is 0 Å². The van der Waals surface area contributed by atoms with E-state index in [4.69, 9.17) is 15.0 Å². The summed E-state index contributed by atoms with van der Waals surface area (Å²) in [5, 5.41) is 7.24. The van der Waals surface area contributed by atoms with Crippen LogP contribution in [0.5, 0.6) is 0 Å². The summed E-state index contributed by atoms with van der Waals surface area (Å²) in [6, 6.07) is 75.3. The van der Waals surface area contributed by atoms with Crippen LogP contribution in [0.4, 0.5) is 0 Å². The van der Waals surface area contributed by atoms with Gasteiger partial charge in [0.2, 0.25) is 5.95 Å². The molecule has 0 unspecified atom stereocenters. The maximum atomic E-state index is 5.11. The zero-order valence-corrected chi connectivity index (χ0v) is 32.4. The van der Waals surface area contributed by atoms with Crippen molar-refractivity contribution in [2.75, 3.05) is 0 Å². The average Bonchev–Trinajstić information content (AvgIpc) is 3.84. The largest absolute Gasteiger partial charge is 0.309 e. The standard InChI is InChI=1S/C55H35N5/c1-3-15-38(16-4-1)53-56-54(39-17-5-2-6-18-39)58-55(57-53)60-50-25-12-10-22-46(50)48-35-41(29-33-52(48)60)40-28-32-51-47(34-40)45-21-9-11-24-49(45)59(51)42-30-26-37(27-31-42)44-23-13-19-36-14-7-8-20-43(36)44/h1-35H. The summed E-state index contributed by atoms with van der Waals surface area (Å²) >= 11 is 0. The van der Waals surface area contributed by atoms with Crippen LogP contribution >= 0.6 is 0 Å². The van der Waals surface area contributed by atoms with Crippen LogP contribution in [0.15, 0.2) is 212 Å². The molecule has 3 aromatic heterocycles. The molecule has 0 fully saturated rings. The molecule has 0 saturated carbocycles. The number of fused-ring (bicyclic) bond motifs is 7. The Kier molecular flexibility index (Phi) is 7.78. The van der Waals surface area contributed by atoms with Crippen molar-refractivity contribution in [3.63, 3.8) is 0 Å². The van der Waals surface area contributed by atoms with E-state index in [-0.39, 0.29) is 0 Å². The molecule has 280 valence electrons. The molecule has 60 heavy (non-hydrogen) atoms. The number of hydrogen-bond donors (Lipinski definition) is 0. The SMILES string of the molecule is c1ccc(-c2nc(-c3ccccc3)nc(-n3c4ccccc4c4cc(-c5ccc6c(c5)c5ccccc5n6-c5ccc(-c6cccc7ccccc67)cc5)ccc43)n2)cc1. The third kappa shape index (κ3) is 5.52. The van der Waals surface area contributed by atoms with Gasteiger partial charge >= 0.3 is 0 Å². The number of rotatable bonds is 6. The second-order valence-corrected chi connectivity index (χ2v) is 15.3. The maximum absolute atomic E-state index is 5.11. The van der Waals surface area contributed by atoms with E-state index in [2.05, 4.69) is 161 Å². The minimum absolute atomic E-state index is 0.584. The molecule has 0 atom stereocenters. The monoisotopic (exact) mass is 765 g/mol. The second kappa shape index (κ2) is 13.8. The van der Waals surface area contributed by atoms with Gasteiger partial charge in [0.1, 0.15) is 0 Å². The molecule has 0 amide bonds.